The lowest BCUT2D eigenvalue weighted by Gasteiger charge is -2.18. The summed E-state index contributed by atoms with van der Waals surface area (Å²) < 4.78 is 1.73. The van der Waals surface area contributed by atoms with Crippen LogP contribution in [0.4, 0.5) is 5.13 Å². The fourth-order valence-electron chi connectivity index (χ4n) is 2.98. The van der Waals surface area contributed by atoms with Gasteiger partial charge in [0.05, 0.1) is 11.3 Å². The number of fused-ring (bicyclic) bond motifs is 2. The maximum absolute atomic E-state index is 12.4. The maximum atomic E-state index is 12.4. The second-order valence-corrected chi connectivity index (χ2v) is 6.96. The first kappa shape index (κ1) is 14.3. The second-order valence-electron chi connectivity index (χ2n) is 5.87. The summed E-state index contributed by atoms with van der Waals surface area (Å²) in [7, 11) is 0. The zero-order chi connectivity index (χ0) is 15.8. The lowest BCUT2D eigenvalue weighted by Crippen LogP contribution is -2.13. The number of rotatable bonds is 3. The molecular formula is C16H17N5OS. The largest absolute Gasteiger partial charge is 0.298 e. The number of hydrogen-bond donors (Lipinski definition) is 1. The van der Waals surface area contributed by atoms with Crippen molar-refractivity contribution in [2.24, 2.45) is 5.92 Å². The third-order valence-corrected chi connectivity index (χ3v) is 5.43. The monoisotopic (exact) mass is 327 g/mol. The normalized spacial score (nSPS) is 17.2. The van der Waals surface area contributed by atoms with Gasteiger partial charge in [0, 0.05) is 11.1 Å². The molecule has 6 nitrogen and oxygen atoms in total. The quantitative estimate of drug-likeness (QED) is 0.803. The van der Waals surface area contributed by atoms with E-state index in [0.29, 0.717) is 10.7 Å². The van der Waals surface area contributed by atoms with E-state index in [9.17, 15) is 4.79 Å². The van der Waals surface area contributed by atoms with Gasteiger partial charge >= 0.3 is 0 Å². The molecule has 3 heterocycles. The van der Waals surface area contributed by atoms with Crippen LogP contribution in [0.2, 0.25) is 0 Å². The Morgan fingerprint density at radius 1 is 1.48 bits per heavy atom. The molecule has 1 aliphatic carbocycles. The van der Waals surface area contributed by atoms with E-state index in [4.69, 9.17) is 0 Å². The van der Waals surface area contributed by atoms with Gasteiger partial charge in [-0.05, 0) is 37.3 Å². The topological polar surface area (TPSA) is 72.2 Å². The summed E-state index contributed by atoms with van der Waals surface area (Å²) in [5.41, 5.74) is 2.44. The lowest BCUT2D eigenvalue weighted by atomic mass is 9.89. The van der Waals surface area contributed by atoms with E-state index in [0.717, 1.165) is 30.1 Å². The van der Waals surface area contributed by atoms with Gasteiger partial charge in [0.25, 0.3) is 5.91 Å². The van der Waals surface area contributed by atoms with Crippen molar-refractivity contribution in [1.82, 2.24) is 19.6 Å². The number of amides is 1. The number of anilines is 1. The van der Waals surface area contributed by atoms with Gasteiger partial charge < -0.3 is 0 Å². The van der Waals surface area contributed by atoms with Crippen molar-refractivity contribution in [2.75, 3.05) is 5.32 Å². The third kappa shape index (κ3) is 2.72. The van der Waals surface area contributed by atoms with Crippen molar-refractivity contribution in [1.29, 1.82) is 0 Å². The Kier molecular flexibility index (Phi) is 3.57. The minimum Gasteiger partial charge on any atom is -0.298 e. The molecule has 23 heavy (non-hydrogen) atoms. The molecule has 7 heteroatoms. The van der Waals surface area contributed by atoms with Crippen LogP contribution in [0.5, 0.6) is 0 Å². The van der Waals surface area contributed by atoms with Crippen LogP contribution in [-0.2, 0) is 12.8 Å². The third-order valence-electron chi connectivity index (χ3n) is 4.39. The lowest BCUT2D eigenvalue weighted by molar-refractivity contribution is 0.102. The number of hydrogen-bond acceptors (Lipinski definition) is 5. The van der Waals surface area contributed by atoms with Gasteiger partial charge in [-0.15, -0.1) is 21.5 Å². The maximum Gasteiger partial charge on any atom is 0.258 e. The molecule has 3 aromatic rings. The first-order chi connectivity index (χ1) is 11.2. The summed E-state index contributed by atoms with van der Waals surface area (Å²) >= 11 is 1.61. The summed E-state index contributed by atoms with van der Waals surface area (Å²) in [4.78, 5) is 18.3. The standard InChI is InChI=1S/C16H17N5OS/c1-2-10-3-5-12-13(7-10)23-16(18-12)19-15(22)11-4-6-14-20-17-9-21(14)8-11/h4,6,8-10H,2-3,5,7H2,1H3,(H,18,19,22)/t10-/m0/s1. The molecule has 0 saturated carbocycles. The molecule has 1 aliphatic rings. The molecular weight excluding hydrogens is 310 g/mol. The molecule has 0 unspecified atom stereocenters. The molecule has 3 aromatic heterocycles. The van der Waals surface area contributed by atoms with Crippen molar-refractivity contribution in [3.63, 3.8) is 0 Å². The molecule has 4 rings (SSSR count). The van der Waals surface area contributed by atoms with Crippen molar-refractivity contribution >= 4 is 28.0 Å². The number of carbonyl (C=O) groups excluding carboxylic acids is 1. The van der Waals surface area contributed by atoms with Crippen LogP contribution in [0.1, 0.15) is 40.7 Å². The minimum atomic E-state index is -0.154. The molecule has 0 aliphatic heterocycles. The molecule has 118 valence electrons. The number of aromatic nitrogens is 4. The summed E-state index contributed by atoms with van der Waals surface area (Å²) in [6, 6.07) is 3.53. The van der Waals surface area contributed by atoms with Gasteiger partial charge in [0.1, 0.15) is 6.33 Å². The van der Waals surface area contributed by atoms with Crippen molar-refractivity contribution in [3.05, 3.63) is 40.8 Å². The fraction of sp³-hybridized carbons (Fsp3) is 0.375. The Balaban J connectivity index is 1.53. The molecule has 0 fully saturated rings. The highest BCUT2D eigenvalue weighted by atomic mass is 32.1. The summed E-state index contributed by atoms with van der Waals surface area (Å²) in [5, 5.41) is 11.4. The minimum absolute atomic E-state index is 0.154. The zero-order valence-electron chi connectivity index (χ0n) is 12.8. The van der Waals surface area contributed by atoms with E-state index in [1.807, 2.05) is 0 Å². The van der Waals surface area contributed by atoms with E-state index < -0.39 is 0 Å². The Morgan fingerprint density at radius 3 is 3.26 bits per heavy atom. The van der Waals surface area contributed by atoms with Gasteiger partial charge in [-0.2, -0.15) is 0 Å². The number of aryl methyl sites for hydroxylation is 1. The number of nitrogens with zero attached hydrogens (tertiary/aromatic N) is 4. The average molecular weight is 327 g/mol. The predicted octanol–water partition coefficient (Wildman–Crippen LogP) is 2.95. The van der Waals surface area contributed by atoms with E-state index in [-0.39, 0.29) is 5.91 Å². The van der Waals surface area contributed by atoms with E-state index in [1.54, 1.807) is 40.4 Å². The van der Waals surface area contributed by atoms with Crippen molar-refractivity contribution in [3.8, 4) is 0 Å². The molecule has 0 aromatic carbocycles. The van der Waals surface area contributed by atoms with Crippen LogP contribution >= 0.6 is 11.3 Å². The van der Waals surface area contributed by atoms with Crippen LogP contribution in [0.3, 0.4) is 0 Å². The molecule has 1 amide bonds. The van der Waals surface area contributed by atoms with E-state index >= 15 is 0 Å². The highest BCUT2D eigenvalue weighted by Crippen LogP contribution is 2.33. The predicted molar refractivity (Wildman–Crippen MR) is 88.9 cm³/mol. The van der Waals surface area contributed by atoms with Gasteiger partial charge in [0.15, 0.2) is 10.8 Å². The Hall–Kier alpha value is -2.28. The molecule has 1 N–H and O–H groups in total. The van der Waals surface area contributed by atoms with Gasteiger partial charge in [-0.3, -0.25) is 14.5 Å². The highest BCUT2D eigenvalue weighted by Gasteiger charge is 2.22. The Labute approximate surface area is 137 Å². The first-order valence-corrected chi connectivity index (χ1v) is 8.64. The Bertz CT molecular complexity index is 868. The van der Waals surface area contributed by atoms with Crippen LogP contribution in [0, 0.1) is 5.92 Å². The van der Waals surface area contributed by atoms with Crippen molar-refractivity contribution < 1.29 is 4.79 Å². The second kappa shape index (κ2) is 5.73. The molecule has 0 bridgehead atoms. The molecule has 1 atom stereocenters. The summed E-state index contributed by atoms with van der Waals surface area (Å²) in [5.74, 6) is 0.599. The Morgan fingerprint density at radius 2 is 2.39 bits per heavy atom. The van der Waals surface area contributed by atoms with Crippen LogP contribution in [0.25, 0.3) is 5.65 Å². The molecule has 0 spiro atoms. The average Bonchev–Trinajstić information content (AvgIpc) is 3.18. The number of nitrogens with one attached hydrogen (secondary N) is 1. The number of thiazole rings is 1. The SMILES string of the molecule is CC[C@H]1CCc2nc(NC(=O)c3ccc4nncn4c3)sc2C1. The number of pyridine rings is 1. The van der Waals surface area contributed by atoms with Gasteiger partial charge in [-0.25, -0.2) is 4.98 Å². The van der Waals surface area contributed by atoms with E-state index in [2.05, 4.69) is 27.4 Å². The molecule has 0 radical (unpaired) electrons. The van der Waals surface area contributed by atoms with Gasteiger partial charge in [0.2, 0.25) is 0 Å². The summed E-state index contributed by atoms with van der Waals surface area (Å²) in [6.07, 6.45) is 7.83. The van der Waals surface area contributed by atoms with Gasteiger partial charge in [-0.1, -0.05) is 13.3 Å². The van der Waals surface area contributed by atoms with Crippen LogP contribution < -0.4 is 5.32 Å². The van der Waals surface area contributed by atoms with Crippen LogP contribution in [0.15, 0.2) is 24.7 Å². The number of carbonyl (C=O) groups is 1. The zero-order valence-corrected chi connectivity index (χ0v) is 13.6. The smallest absolute Gasteiger partial charge is 0.258 e. The highest BCUT2D eigenvalue weighted by molar-refractivity contribution is 7.15. The first-order valence-electron chi connectivity index (χ1n) is 7.82. The molecule has 0 saturated heterocycles. The fourth-order valence-corrected chi connectivity index (χ4v) is 4.09. The van der Waals surface area contributed by atoms with E-state index in [1.165, 1.54) is 17.7 Å². The summed E-state index contributed by atoms with van der Waals surface area (Å²) in [6.45, 7) is 2.24. The van der Waals surface area contributed by atoms with Crippen LogP contribution in [-0.4, -0.2) is 25.5 Å². The van der Waals surface area contributed by atoms with Crippen molar-refractivity contribution in [2.45, 2.75) is 32.6 Å².